The predicted octanol–water partition coefficient (Wildman–Crippen LogP) is 0.108. The predicted molar refractivity (Wildman–Crippen MR) is 120 cm³/mol. The number of anilines is 4. The van der Waals surface area contributed by atoms with Crippen molar-refractivity contribution in [1.82, 2.24) is 15.3 Å². The molecule has 0 saturated heterocycles. The number of nitrogen functional groups attached to an aromatic ring is 1. The molecule has 9 N–H and O–H groups in total. The number of nitrogens with two attached hydrogens (primary N) is 1. The lowest BCUT2D eigenvalue weighted by Crippen LogP contribution is -2.41. The molecule has 0 unspecified atom stereocenters. The highest BCUT2D eigenvalue weighted by Crippen LogP contribution is 2.21. The molecule has 1 aliphatic heterocycles. The standard InChI is InChI=1S/C20H25N7O6/c21-20-26-16-15(18(31)27-20)24-12(9-23-16)7-8-22-11-3-1-10(2-4-11)17(30)25-13(19(32)33)5-6-14(28)29/h1-4,12-13,22,24H,5-9H2,(H,25,30)(H,28,29)(H,32,33)(H4,21,23,26,27,31)/t12-,13+/m1/s1. The largest absolute Gasteiger partial charge is 0.481 e. The van der Waals surface area contributed by atoms with Gasteiger partial charge in [0.25, 0.3) is 11.5 Å². The number of aromatic amines is 1. The summed E-state index contributed by atoms with van der Waals surface area (Å²) in [6.45, 7) is 1.15. The van der Waals surface area contributed by atoms with Crippen LogP contribution in [0.1, 0.15) is 29.6 Å². The van der Waals surface area contributed by atoms with Crippen molar-refractivity contribution >= 4 is 41.0 Å². The van der Waals surface area contributed by atoms with Crippen molar-refractivity contribution in [1.29, 1.82) is 0 Å². The highest BCUT2D eigenvalue weighted by Gasteiger charge is 2.22. The molecule has 33 heavy (non-hydrogen) atoms. The number of benzene rings is 1. The molecule has 0 spiro atoms. The van der Waals surface area contributed by atoms with Crippen LogP contribution in [0.25, 0.3) is 0 Å². The van der Waals surface area contributed by atoms with Gasteiger partial charge in [0.1, 0.15) is 11.7 Å². The van der Waals surface area contributed by atoms with Gasteiger partial charge in [-0.3, -0.25) is 19.4 Å². The van der Waals surface area contributed by atoms with Gasteiger partial charge in [-0.1, -0.05) is 0 Å². The Labute approximate surface area is 187 Å². The van der Waals surface area contributed by atoms with Crippen LogP contribution < -0.4 is 32.6 Å². The van der Waals surface area contributed by atoms with E-state index in [2.05, 4.69) is 31.2 Å². The number of amides is 1. The summed E-state index contributed by atoms with van der Waals surface area (Å²) in [6.07, 6.45) is 0.109. The summed E-state index contributed by atoms with van der Waals surface area (Å²) >= 11 is 0. The Morgan fingerprint density at radius 3 is 2.61 bits per heavy atom. The summed E-state index contributed by atoms with van der Waals surface area (Å²) in [5, 5.41) is 29.6. The number of rotatable bonds is 10. The number of fused-ring (bicyclic) bond motifs is 1. The lowest BCUT2D eigenvalue weighted by atomic mass is 10.1. The first-order chi connectivity index (χ1) is 15.7. The minimum absolute atomic E-state index is 0.0136. The van der Waals surface area contributed by atoms with E-state index in [4.69, 9.17) is 15.9 Å². The van der Waals surface area contributed by atoms with Gasteiger partial charge in [-0.15, -0.1) is 0 Å². The molecule has 13 nitrogen and oxygen atoms in total. The highest BCUT2D eigenvalue weighted by molar-refractivity contribution is 5.96. The molecule has 1 aromatic carbocycles. The fourth-order valence-electron chi connectivity index (χ4n) is 3.30. The molecule has 0 aliphatic carbocycles. The van der Waals surface area contributed by atoms with Crippen molar-refractivity contribution in [2.24, 2.45) is 0 Å². The van der Waals surface area contributed by atoms with E-state index in [9.17, 15) is 19.2 Å². The molecule has 13 heteroatoms. The van der Waals surface area contributed by atoms with Crippen molar-refractivity contribution in [3.05, 3.63) is 40.2 Å². The summed E-state index contributed by atoms with van der Waals surface area (Å²) in [5.41, 5.74) is 6.54. The number of nitrogens with one attached hydrogen (secondary N) is 5. The number of hydrogen-bond acceptors (Lipinski definition) is 9. The SMILES string of the molecule is Nc1nc2c(c(=O)[nH]1)N[C@H](CCNc1ccc(C(=O)N[C@@H](CCC(=O)O)C(=O)O)cc1)CN2. The summed E-state index contributed by atoms with van der Waals surface area (Å²) in [7, 11) is 0. The van der Waals surface area contributed by atoms with Gasteiger partial charge in [0.05, 0.1) is 0 Å². The molecule has 176 valence electrons. The van der Waals surface area contributed by atoms with Crippen molar-refractivity contribution < 1.29 is 24.6 Å². The molecule has 1 amide bonds. The zero-order chi connectivity index (χ0) is 24.0. The Morgan fingerprint density at radius 1 is 1.21 bits per heavy atom. The van der Waals surface area contributed by atoms with E-state index in [0.717, 1.165) is 5.69 Å². The number of carboxylic acids is 2. The van der Waals surface area contributed by atoms with Crippen LogP contribution in [0.2, 0.25) is 0 Å². The molecular weight excluding hydrogens is 434 g/mol. The Morgan fingerprint density at radius 2 is 1.94 bits per heavy atom. The first-order valence-electron chi connectivity index (χ1n) is 10.2. The maximum atomic E-state index is 12.3. The first kappa shape index (κ1) is 23.4. The maximum absolute atomic E-state index is 12.3. The number of carbonyl (C=O) groups excluding carboxylic acids is 1. The van der Waals surface area contributed by atoms with Gasteiger partial charge in [-0.2, -0.15) is 4.98 Å². The number of nitrogens with zero attached hydrogens (tertiary/aromatic N) is 1. The van der Waals surface area contributed by atoms with Crippen LogP contribution in [0.5, 0.6) is 0 Å². The van der Waals surface area contributed by atoms with Crippen molar-refractivity contribution in [3.8, 4) is 0 Å². The topological polar surface area (TPSA) is 212 Å². The lowest BCUT2D eigenvalue weighted by Gasteiger charge is -2.27. The summed E-state index contributed by atoms with van der Waals surface area (Å²) < 4.78 is 0. The number of hydrogen-bond donors (Lipinski definition) is 8. The normalized spacial score (nSPS) is 15.3. The van der Waals surface area contributed by atoms with Crippen LogP contribution in [0.4, 0.5) is 23.1 Å². The summed E-state index contributed by atoms with van der Waals surface area (Å²) in [4.78, 5) is 52.7. The van der Waals surface area contributed by atoms with Crippen LogP contribution in [-0.2, 0) is 9.59 Å². The van der Waals surface area contributed by atoms with E-state index in [1.54, 1.807) is 24.3 Å². The third-order valence-corrected chi connectivity index (χ3v) is 5.02. The number of carboxylic acid groups (broad SMARTS) is 2. The van der Waals surface area contributed by atoms with E-state index in [1.807, 2.05) is 0 Å². The fourth-order valence-corrected chi connectivity index (χ4v) is 3.30. The molecule has 1 aliphatic rings. The number of carbonyl (C=O) groups is 3. The highest BCUT2D eigenvalue weighted by atomic mass is 16.4. The Bertz CT molecular complexity index is 1090. The molecule has 1 aromatic heterocycles. The van der Waals surface area contributed by atoms with Crippen LogP contribution in [-0.4, -0.2) is 63.2 Å². The molecule has 3 rings (SSSR count). The summed E-state index contributed by atoms with van der Waals surface area (Å²) in [5.74, 6) is -2.57. The van der Waals surface area contributed by atoms with Crippen molar-refractivity contribution in [2.75, 3.05) is 34.8 Å². The second-order valence-corrected chi connectivity index (χ2v) is 7.49. The second kappa shape index (κ2) is 10.3. The van der Waals surface area contributed by atoms with Crippen LogP contribution >= 0.6 is 0 Å². The van der Waals surface area contributed by atoms with Crippen molar-refractivity contribution in [2.45, 2.75) is 31.3 Å². The van der Waals surface area contributed by atoms with Crippen LogP contribution in [0.15, 0.2) is 29.1 Å². The van der Waals surface area contributed by atoms with Gasteiger partial charge < -0.3 is 37.2 Å². The number of aromatic nitrogens is 2. The van der Waals surface area contributed by atoms with Gasteiger partial charge in [-0.05, 0) is 37.1 Å². The molecule has 0 radical (unpaired) electrons. The van der Waals surface area contributed by atoms with Gasteiger partial charge in [0.15, 0.2) is 5.82 Å². The van der Waals surface area contributed by atoms with E-state index in [0.29, 0.717) is 31.0 Å². The quantitative estimate of drug-likeness (QED) is 0.239. The molecule has 0 bridgehead atoms. The van der Waals surface area contributed by atoms with Crippen molar-refractivity contribution in [3.63, 3.8) is 0 Å². The van der Waals surface area contributed by atoms with Gasteiger partial charge in [0, 0.05) is 36.8 Å². The third-order valence-electron chi connectivity index (χ3n) is 5.02. The average Bonchev–Trinajstić information content (AvgIpc) is 2.77. The maximum Gasteiger partial charge on any atom is 0.326 e. The van der Waals surface area contributed by atoms with E-state index in [-0.39, 0.29) is 36.0 Å². The van der Waals surface area contributed by atoms with E-state index in [1.165, 1.54) is 0 Å². The Hall–Kier alpha value is -4.29. The van der Waals surface area contributed by atoms with Gasteiger partial charge in [0.2, 0.25) is 5.95 Å². The molecule has 0 saturated carbocycles. The molecule has 2 aromatic rings. The Kier molecular flexibility index (Phi) is 7.33. The molecule has 0 fully saturated rings. The minimum Gasteiger partial charge on any atom is -0.481 e. The lowest BCUT2D eigenvalue weighted by molar-refractivity contribution is -0.140. The monoisotopic (exact) mass is 459 g/mol. The average molecular weight is 459 g/mol. The van der Waals surface area contributed by atoms with Gasteiger partial charge in [-0.25, -0.2) is 4.79 Å². The zero-order valence-corrected chi connectivity index (χ0v) is 17.6. The first-order valence-corrected chi connectivity index (χ1v) is 10.2. The van der Waals surface area contributed by atoms with Gasteiger partial charge >= 0.3 is 11.9 Å². The van der Waals surface area contributed by atoms with Crippen LogP contribution in [0, 0.1) is 0 Å². The fraction of sp³-hybridized carbons (Fsp3) is 0.350. The van der Waals surface area contributed by atoms with Crippen LogP contribution in [0.3, 0.4) is 0 Å². The number of aliphatic carboxylic acids is 2. The molecular formula is C20H25N7O6. The third kappa shape index (κ3) is 6.35. The smallest absolute Gasteiger partial charge is 0.326 e. The Balaban J connectivity index is 1.48. The molecule has 2 heterocycles. The second-order valence-electron chi connectivity index (χ2n) is 7.49. The molecule has 2 atom stereocenters. The number of H-pyrrole nitrogens is 1. The summed E-state index contributed by atoms with van der Waals surface area (Å²) in [6, 6.07) is 5.15. The van der Waals surface area contributed by atoms with E-state index < -0.39 is 23.9 Å². The van der Waals surface area contributed by atoms with E-state index >= 15 is 0 Å². The minimum atomic E-state index is -1.29. The zero-order valence-electron chi connectivity index (χ0n) is 17.6.